The van der Waals surface area contributed by atoms with Crippen molar-refractivity contribution in [1.82, 2.24) is 0 Å². The quantitative estimate of drug-likeness (QED) is 0.156. The molecular weight excluding hydrogens is 572 g/mol. The highest BCUT2D eigenvalue weighted by molar-refractivity contribution is 5.74. The summed E-state index contributed by atoms with van der Waals surface area (Å²) in [5.74, 6) is -2.35. The Hall–Kier alpha value is -2.19. The van der Waals surface area contributed by atoms with Crippen molar-refractivity contribution >= 4 is 5.97 Å². The van der Waals surface area contributed by atoms with Crippen molar-refractivity contribution in [3.8, 4) is 0 Å². The number of cyclic esters (lactones) is 1. The molecule has 11 unspecified atom stereocenters. The number of carbonyl (C=O) groups is 1. The lowest BCUT2D eigenvalue weighted by Gasteiger charge is -2.30. The largest absolute Gasteiger partial charge is 0.459 e. The Balaban J connectivity index is 3.19. The van der Waals surface area contributed by atoms with Crippen molar-refractivity contribution in [3.63, 3.8) is 0 Å². The van der Waals surface area contributed by atoms with Crippen LogP contribution in [0, 0.1) is 5.92 Å². The molecule has 11 atom stereocenters. The molecule has 44 heavy (non-hydrogen) atoms. The monoisotopic (exact) mass is 626 g/mol. The first-order valence-electron chi connectivity index (χ1n) is 15.5. The molecule has 0 spiro atoms. The van der Waals surface area contributed by atoms with E-state index >= 15 is 0 Å². The maximum Gasteiger partial charge on any atom is 0.314 e. The fourth-order valence-electron chi connectivity index (χ4n) is 4.89. The molecular formula is C33H54O11. The first-order valence-corrected chi connectivity index (χ1v) is 15.5. The Labute approximate surface area is 260 Å². The molecule has 0 saturated heterocycles. The van der Waals surface area contributed by atoms with E-state index in [1.807, 2.05) is 6.92 Å². The Morgan fingerprint density at radius 1 is 0.773 bits per heavy atom. The fraction of sp³-hybridized carbons (Fsp3) is 0.667. The van der Waals surface area contributed by atoms with Crippen LogP contribution < -0.4 is 0 Å². The molecule has 0 aromatic rings. The van der Waals surface area contributed by atoms with E-state index in [1.54, 1.807) is 55.5 Å². The van der Waals surface area contributed by atoms with Crippen LogP contribution in [0.4, 0.5) is 0 Å². The van der Waals surface area contributed by atoms with E-state index in [2.05, 4.69) is 0 Å². The van der Waals surface area contributed by atoms with E-state index in [1.165, 1.54) is 13.0 Å². The highest BCUT2D eigenvalue weighted by Gasteiger charge is 2.37. The van der Waals surface area contributed by atoms with E-state index in [9.17, 15) is 50.8 Å². The lowest BCUT2D eigenvalue weighted by Crippen LogP contribution is -2.43. The molecule has 0 fully saturated rings. The second-order valence-corrected chi connectivity index (χ2v) is 11.6. The van der Waals surface area contributed by atoms with Gasteiger partial charge in [-0.05, 0) is 38.7 Å². The zero-order chi connectivity index (χ0) is 33.2. The van der Waals surface area contributed by atoms with Crippen molar-refractivity contribution in [2.45, 2.75) is 133 Å². The van der Waals surface area contributed by atoms with Crippen LogP contribution in [-0.2, 0) is 9.53 Å². The topological polar surface area (TPSA) is 208 Å². The van der Waals surface area contributed by atoms with Crippen molar-refractivity contribution in [2.24, 2.45) is 5.92 Å². The Morgan fingerprint density at radius 3 is 1.89 bits per heavy atom. The normalized spacial score (nSPS) is 35.2. The number of aliphatic hydroxyl groups is 9. The predicted octanol–water partition coefficient (Wildman–Crippen LogP) is 1.11. The average Bonchev–Trinajstić information content (AvgIpc) is 2.94. The Kier molecular flexibility index (Phi) is 19.5. The van der Waals surface area contributed by atoms with Crippen molar-refractivity contribution in [1.29, 1.82) is 0 Å². The second-order valence-electron chi connectivity index (χ2n) is 11.6. The summed E-state index contributed by atoms with van der Waals surface area (Å²) < 4.78 is 5.40. The highest BCUT2D eigenvalue weighted by Crippen LogP contribution is 2.24. The Bertz CT molecular complexity index is 959. The van der Waals surface area contributed by atoms with Crippen LogP contribution in [0.3, 0.4) is 0 Å². The molecule has 0 aromatic carbocycles. The molecule has 0 saturated carbocycles. The summed E-state index contributed by atoms with van der Waals surface area (Å²) >= 11 is 0. The molecule has 11 heteroatoms. The second kappa shape index (κ2) is 21.5. The van der Waals surface area contributed by atoms with Gasteiger partial charge in [0.25, 0.3) is 0 Å². The standard InChI is InChI=1S/C33H54O11/c1-4-5-11-16-27(38)30-28(39)19-24(35)17-23(34)18-25(36)20-29(40)32(42)31(41)21(2)14-12-9-7-6-8-10-13-15-26(37)22(3)44-33(30)43/h6-10,12-15,22-32,34-42H,4-5,11,16-20H2,1-3H3. The number of hydrogen-bond donors (Lipinski definition) is 9. The van der Waals surface area contributed by atoms with Gasteiger partial charge in [0.1, 0.15) is 30.3 Å². The number of allylic oxidation sites excluding steroid dienone is 8. The molecule has 1 heterocycles. The number of aliphatic hydroxyl groups excluding tert-OH is 9. The van der Waals surface area contributed by atoms with Crippen molar-refractivity contribution in [2.75, 3.05) is 0 Å². The van der Waals surface area contributed by atoms with Crippen LogP contribution in [0.2, 0.25) is 0 Å². The third-order valence-corrected chi connectivity index (χ3v) is 7.62. The minimum absolute atomic E-state index is 0.206. The fourth-order valence-corrected chi connectivity index (χ4v) is 4.89. The van der Waals surface area contributed by atoms with E-state index < -0.39 is 72.9 Å². The van der Waals surface area contributed by atoms with Gasteiger partial charge in [-0.3, -0.25) is 4.79 Å². The van der Waals surface area contributed by atoms with Crippen LogP contribution in [0.5, 0.6) is 0 Å². The average molecular weight is 627 g/mol. The zero-order valence-corrected chi connectivity index (χ0v) is 26.0. The van der Waals surface area contributed by atoms with Gasteiger partial charge in [-0.25, -0.2) is 0 Å². The molecule has 0 bridgehead atoms. The molecule has 0 aromatic heterocycles. The molecule has 1 aliphatic rings. The smallest absolute Gasteiger partial charge is 0.314 e. The van der Waals surface area contributed by atoms with E-state index in [4.69, 9.17) is 4.74 Å². The molecule has 0 amide bonds. The number of hydrogen-bond acceptors (Lipinski definition) is 11. The first kappa shape index (κ1) is 39.8. The van der Waals surface area contributed by atoms with Crippen LogP contribution in [0.25, 0.3) is 0 Å². The summed E-state index contributed by atoms with van der Waals surface area (Å²) in [5.41, 5.74) is 0.370. The van der Waals surface area contributed by atoms with Gasteiger partial charge in [0.2, 0.25) is 0 Å². The van der Waals surface area contributed by atoms with Gasteiger partial charge < -0.3 is 50.7 Å². The van der Waals surface area contributed by atoms with Gasteiger partial charge >= 0.3 is 5.97 Å². The van der Waals surface area contributed by atoms with Crippen LogP contribution >= 0.6 is 0 Å². The lowest BCUT2D eigenvalue weighted by molar-refractivity contribution is -0.168. The van der Waals surface area contributed by atoms with Gasteiger partial charge in [0.05, 0.1) is 36.6 Å². The zero-order valence-electron chi connectivity index (χ0n) is 26.0. The van der Waals surface area contributed by atoms with Crippen LogP contribution in [0.1, 0.15) is 72.1 Å². The van der Waals surface area contributed by atoms with Crippen LogP contribution in [0.15, 0.2) is 60.3 Å². The first-order chi connectivity index (χ1) is 20.8. The molecule has 1 aliphatic heterocycles. The summed E-state index contributed by atoms with van der Waals surface area (Å²) in [6.45, 7) is 5.03. The van der Waals surface area contributed by atoms with Gasteiger partial charge in [-0.2, -0.15) is 0 Å². The van der Waals surface area contributed by atoms with Crippen LogP contribution in [-0.4, -0.2) is 113 Å². The number of esters is 1. The summed E-state index contributed by atoms with van der Waals surface area (Å²) in [6, 6.07) is 0. The third-order valence-electron chi connectivity index (χ3n) is 7.62. The van der Waals surface area contributed by atoms with E-state index in [0.717, 1.165) is 12.8 Å². The number of ether oxygens (including phenoxy) is 1. The molecule has 1 rings (SSSR count). The lowest BCUT2D eigenvalue weighted by atomic mass is 9.87. The maximum absolute atomic E-state index is 13.1. The summed E-state index contributed by atoms with van der Waals surface area (Å²) in [7, 11) is 0. The van der Waals surface area contributed by atoms with Gasteiger partial charge in [-0.15, -0.1) is 0 Å². The van der Waals surface area contributed by atoms with E-state index in [-0.39, 0.29) is 32.1 Å². The van der Waals surface area contributed by atoms with Gasteiger partial charge in [-0.1, -0.05) is 80.9 Å². The molecule has 0 aliphatic carbocycles. The number of rotatable bonds is 5. The minimum atomic E-state index is -1.60. The number of unbranched alkanes of at least 4 members (excludes halogenated alkanes) is 2. The van der Waals surface area contributed by atoms with Crippen molar-refractivity contribution in [3.05, 3.63) is 60.3 Å². The predicted molar refractivity (Wildman–Crippen MR) is 166 cm³/mol. The summed E-state index contributed by atoms with van der Waals surface area (Å²) in [6.07, 6.45) is 2.32. The SMILES string of the molecule is CCCCCC(O)C1C(=O)OC(C)C(O)C=CC=CC=CC=CC=C(C)C(O)C(O)C(O)CC(O)CC(O)CC(O)CC1O. The maximum atomic E-state index is 13.1. The third kappa shape index (κ3) is 15.2. The van der Waals surface area contributed by atoms with Gasteiger partial charge in [0.15, 0.2) is 0 Å². The molecule has 11 nitrogen and oxygen atoms in total. The summed E-state index contributed by atoms with van der Waals surface area (Å²) in [4.78, 5) is 13.1. The van der Waals surface area contributed by atoms with Gasteiger partial charge in [0, 0.05) is 12.8 Å². The minimum Gasteiger partial charge on any atom is -0.459 e. The molecule has 252 valence electrons. The van der Waals surface area contributed by atoms with E-state index in [0.29, 0.717) is 12.0 Å². The Morgan fingerprint density at radius 2 is 1.30 bits per heavy atom. The summed E-state index contributed by atoms with van der Waals surface area (Å²) in [5, 5.41) is 94.6. The highest BCUT2D eigenvalue weighted by atomic mass is 16.6. The molecule has 0 radical (unpaired) electrons. The molecule has 9 N–H and O–H groups in total. The number of carbonyl (C=O) groups excluding carboxylic acids is 1. The van der Waals surface area contributed by atoms with Crippen molar-refractivity contribution < 1.29 is 55.5 Å².